The van der Waals surface area contributed by atoms with Gasteiger partial charge in [0.05, 0.1) is 0 Å². The summed E-state index contributed by atoms with van der Waals surface area (Å²) < 4.78 is 5.83. The van der Waals surface area contributed by atoms with Crippen molar-refractivity contribution in [3.63, 3.8) is 0 Å². The zero-order chi connectivity index (χ0) is 19.3. The first-order valence-electron chi connectivity index (χ1n) is 8.82. The van der Waals surface area contributed by atoms with Crippen molar-refractivity contribution in [3.05, 3.63) is 48.2 Å². The molecule has 2 heterocycles. The molecule has 0 bridgehead atoms. The van der Waals surface area contributed by atoms with Crippen molar-refractivity contribution in [1.82, 2.24) is 30.7 Å². The average Bonchev–Trinajstić information content (AvgIpc) is 3.35. The van der Waals surface area contributed by atoms with E-state index in [2.05, 4.69) is 47.9 Å². The molecule has 2 aromatic heterocycles. The van der Waals surface area contributed by atoms with Crippen LogP contribution in [0.5, 0.6) is 0 Å². The van der Waals surface area contributed by atoms with Crippen molar-refractivity contribution in [1.29, 1.82) is 0 Å². The van der Waals surface area contributed by atoms with Crippen molar-refractivity contribution in [2.24, 2.45) is 11.0 Å². The Labute approximate surface area is 160 Å². The summed E-state index contributed by atoms with van der Waals surface area (Å²) in [4.78, 5) is 12.9. The Kier molecular flexibility index (Phi) is 4.91. The van der Waals surface area contributed by atoms with Gasteiger partial charge in [-0.2, -0.15) is 9.78 Å². The van der Waals surface area contributed by atoms with Crippen molar-refractivity contribution < 1.29 is 9.42 Å². The van der Waals surface area contributed by atoms with Crippen LogP contribution in [-0.2, 0) is 0 Å². The van der Waals surface area contributed by atoms with Crippen LogP contribution in [0.25, 0.3) is 17.1 Å². The molecule has 28 heavy (non-hydrogen) atoms. The van der Waals surface area contributed by atoms with Crippen LogP contribution in [0.2, 0.25) is 0 Å². The summed E-state index contributed by atoms with van der Waals surface area (Å²) in [5, 5.41) is 19.5. The standard InChI is InChI=1S/C18H18N8O2/c19-16-17(24-28-23-16)26-15(14(21-25-26)13-9-5-2-6-10-13)18(27)22-20-11-12-7-3-1-4-8-12/h1-3,5-6,9-12H,4,7-8H2,(H2,19,23)(H,22,27)/b20-11+. The van der Waals surface area contributed by atoms with Gasteiger partial charge in [0.25, 0.3) is 5.91 Å². The van der Waals surface area contributed by atoms with Gasteiger partial charge in [0, 0.05) is 11.8 Å². The minimum atomic E-state index is -0.492. The Morgan fingerprint density at radius 1 is 1.29 bits per heavy atom. The molecule has 0 saturated heterocycles. The summed E-state index contributed by atoms with van der Waals surface area (Å²) in [5.74, 6) is -0.108. The van der Waals surface area contributed by atoms with E-state index in [0.29, 0.717) is 11.6 Å². The second kappa shape index (κ2) is 7.82. The second-order valence-electron chi connectivity index (χ2n) is 6.30. The lowest BCUT2D eigenvalue weighted by molar-refractivity contribution is 0.0947. The molecule has 1 aliphatic rings. The normalized spacial score (nSPS) is 16.5. The molecule has 1 atom stereocenters. The van der Waals surface area contributed by atoms with E-state index in [1.807, 2.05) is 30.3 Å². The monoisotopic (exact) mass is 378 g/mol. The molecule has 1 amide bonds. The molecule has 0 aliphatic heterocycles. The average molecular weight is 378 g/mol. The molecule has 0 saturated carbocycles. The topological polar surface area (TPSA) is 137 Å². The van der Waals surface area contributed by atoms with Crippen molar-refractivity contribution >= 4 is 17.9 Å². The summed E-state index contributed by atoms with van der Waals surface area (Å²) in [6.45, 7) is 0. The maximum Gasteiger partial charge on any atom is 0.292 e. The van der Waals surface area contributed by atoms with Crippen LogP contribution in [0.15, 0.2) is 52.2 Å². The molecular weight excluding hydrogens is 360 g/mol. The number of nitrogens with zero attached hydrogens (tertiary/aromatic N) is 6. The third-order valence-electron chi connectivity index (χ3n) is 4.39. The number of hydrogen-bond acceptors (Lipinski definition) is 8. The van der Waals surface area contributed by atoms with Crippen LogP contribution >= 0.6 is 0 Å². The number of carbonyl (C=O) groups is 1. The molecule has 4 rings (SSSR count). The molecular formula is C18H18N8O2. The Morgan fingerprint density at radius 2 is 2.14 bits per heavy atom. The fourth-order valence-corrected chi connectivity index (χ4v) is 2.97. The third kappa shape index (κ3) is 3.52. The number of allylic oxidation sites excluding steroid dienone is 2. The molecule has 0 radical (unpaired) electrons. The first-order valence-corrected chi connectivity index (χ1v) is 8.82. The number of amides is 1. The number of aromatic nitrogens is 5. The number of nitrogens with two attached hydrogens (primary N) is 1. The highest BCUT2D eigenvalue weighted by atomic mass is 16.6. The van der Waals surface area contributed by atoms with E-state index < -0.39 is 5.91 Å². The quantitative estimate of drug-likeness (QED) is 0.393. The molecule has 3 aromatic rings. The van der Waals surface area contributed by atoms with Crippen molar-refractivity contribution in [2.75, 3.05) is 5.73 Å². The SMILES string of the molecule is Nc1nonc1-n1nnc(-c2ccccc2)c1C(=O)N/N=C/C1CC=CCC1. The van der Waals surface area contributed by atoms with E-state index in [4.69, 9.17) is 5.73 Å². The zero-order valence-electron chi connectivity index (χ0n) is 14.9. The summed E-state index contributed by atoms with van der Waals surface area (Å²) >= 11 is 0. The molecule has 142 valence electrons. The van der Waals surface area contributed by atoms with Gasteiger partial charge in [-0.3, -0.25) is 4.79 Å². The van der Waals surface area contributed by atoms with Gasteiger partial charge in [-0.1, -0.05) is 47.7 Å². The largest absolute Gasteiger partial charge is 0.378 e. The van der Waals surface area contributed by atoms with Gasteiger partial charge in [0.2, 0.25) is 11.6 Å². The maximum atomic E-state index is 12.9. The van der Waals surface area contributed by atoms with Crippen LogP contribution in [0, 0.1) is 5.92 Å². The number of hydrazone groups is 1. The molecule has 0 spiro atoms. The Hall–Kier alpha value is -3.82. The lowest BCUT2D eigenvalue weighted by Crippen LogP contribution is -2.23. The zero-order valence-corrected chi connectivity index (χ0v) is 14.9. The predicted octanol–water partition coefficient (Wildman–Crippen LogP) is 1.97. The summed E-state index contributed by atoms with van der Waals surface area (Å²) in [6, 6.07) is 9.21. The molecule has 1 aromatic carbocycles. The summed E-state index contributed by atoms with van der Waals surface area (Å²) in [7, 11) is 0. The van der Waals surface area contributed by atoms with Gasteiger partial charge in [0.15, 0.2) is 5.69 Å². The minimum Gasteiger partial charge on any atom is -0.378 e. The summed E-state index contributed by atoms with van der Waals surface area (Å²) in [6.07, 6.45) is 8.95. The van der Waals surface area contributed by atoms with Gasteiger partial charge in [0.1, 0.15) is 5.69 Å². The molecule has 0 fully saturated rings. The minimum absolute atomic E-state index is 0.00365. The first-order chi connectivity index (χ1) is 13.7. The second-order valence-corrected chi connectivity index (χ2v) is 6.30. The number of hydrogen-bond donors (Lipinski definition) is 2. The van der Waals surface area contributed by atoms with E-state index in [9.17, 15) is 4.79 Å². The number of rotatable bonds is 5. The van der Waals surface area contributed by atoms with E-state index in [1.54, 1.807) is 6.21 Å². The number of anilines is 1. The Balaban J connectivity index is 1.66. The molecule has 10 heteroatoms. The third-order valence-corrected chi connectivity index (χ3v) is 4.39. The van der Waals surface area contributed by atoms with Crippen LogP contribution in [0.1, 0.15) is 29.8 Å². The number of carbonyl (C=O) groups excluding carboxylic acids is 1. The molecule has 10 nitrogen and oxygen atoms in total. The smallest absolute Gasteiger partial charge is 0.292 e. The van der Waals surface area contributed by atoms with E-state index in [0.717, 1.165) is 24.8 Å². The first kappa shape index (κ1) is 17.6. The maximum absolute atomic E-state index is 12.9. The van der Waals surface area contributed by atoms with Crippen LogP contribution < -0.4 is 11.2 Å². The number of nitrogens with one attached hydrogen (secondary N) is 1. The fourth-order valence-electron chi connectivity index (χ4n) is 2.97. The highest BCUT2D eigenvalue weighted by Crippen LogP contribution is 2.24. The van der Waals surface area contributed by atoms with Gasteiger partial charge in [-0.05, 0) is 35.5 Å². The lowest BCUT2D eigenvalue weighted by Gasteiger charge is -2.11. The van der Waals surface area contributed by atoms with E-state index >= 15 is 0 Å². The van der Waals surface area contributed by atoms with Crippen molar-refractivity contribution in [3.8, 4) is 17.1 Å². The molecule has 1 aliphatic carbocycles. The van der Waals surface area contributed by atoms with E-state index in [1.165, 1.54) is 4.68 Å². The molecule has 1 unspecified atom stereocenters. The van der Waals surface area contributed by atoms with Gasteiger partial charge < -0.3 is 5.73 Å². The van der Waals surface area contributed by atoms with E-state index in [-0.39, 0.29) is 17.3 Å². The highest BCUT2D eigenvalue weighted by molar-refractivity contribution is 5.99. The summed E-state index contributed by atoms with van der Waals surface area (Å²) in [5.41, 5.74) is 9.54. The predicted molar refractivity (Wildman–Crippen MR) is 102 cm³/mol. The van der Waals surface area contributed by atoms with Gasteiger partial charge in [-0.25, -0.2) is 10.1 Å². The number of benzene rings is 1. The van der Waals surface area contributed by atoms with Gasteiger partial charge >= 0.3 is 0 Å². The van der Waals surface area contributed by atoms with Crippen LogP contribution in [-0.4, -0.2) is 37.4 Å². The highest BCUT2D eigenvalue weighted by Gasteiger charge is 2.25. The lowest BCUT2D eigenvalue weighted by atomic mass is 9.96. The van der Waals surface area contributed by atoms with Crippen LogP contribution in [0.3, 0.4) is 0 Å². The Bertz CT molecular complexity index is 1020. The van der Waals surface area contributed by atoms with Crippen LogP contribution in [0.4, 0.5) is 5.82 Å². The fraction of sp³-hybridized carbons (Fsp3) is 0.222. The van der Waals surface area contributed by atoms with Gasteiger partial charge in [-0.15, -0.1) is 5.10 Å². The van der Waals surface area contributed by atoms with Crippen molar-refractivity contribution in [2.45, 2.75) is 19.3 Å². The number of nitrogen functional groups attached to an aromatic ring is 1. The Morgan fingerprint density at radius 3 is 2.86 bits per heavy atom. The molecule has 3 N–H and O–H groups in total.